The molecule has 19 heavy (non-hydrogen) atoms. The molecule has 2 rings (SSSR count). The highest BCUT2D eigenvalue weighted by atomic mass is 16.3. The first kappa shape index (κ1) is 14.0. The Bertz CT molecular complexity index is 469. The van der Waals surface area contributed by atoms with Crippen molar-refractivity contribution in [3.63, 3.8) is 0 Å². The van der Waals surface area contributed by atoms with E-state index in [9.17, 15) is 10.2 Å². The minimum absolute atomic E-state index is 0.0942. The van der Waals surface area contributed by atoms with Gasteiger partial charge in [0.25, 0.3) is 0 Å². The molecular formula is C15H22N2O2. The molecule has 0 saturated carbocycles. The quantitative estimate of drug-likeness (QED) is 0.543. The smallest absolute Gasteiger partial charge is 0.141 e. The van der Waals surface area contributed by atoms with Gasteiger partial charge in [-0.1, -0.05) is 11.6 Å². The summed E-state index contributed by atoms with van der Waals surface area (Å²) in [7, 11) is 0. The van der Waals surface area contributed by atoms with Gasteiger partial charge in [0, 0.05) is 23.9 Å². The van der Waals surface area contributed by atoms with Crippen LogP contribution >= 0.6 is 0 Å². The zero-order valence-electron chi connectivity index (χ0n) is 11.4. The Labute approximate surface area is 114 Å². The van der Waals surface area contributed by atoms with E-state index in [0.717, 1.165) is 18.5 Å². The fraction of sp³-hybridized carbons (Fsp3) is 0.533. The third kappa shape index (κ3) is 3.55. The lowest BCUT2D eigenvalue weighted by Gasteiger charge is -2.12. The minimum Gasteiger partial charge on any atom is -0.506 e. The number of rotatable bonds is 6. The van der Waals surface area contributed by atoms with E-state index in [1.807, 2.05) is 0 Å². The highest BCUT2D eigenvalue weighted by Gasteiger charge is 2.11. The first-order chi connectivity index (χ1) is 9.22. The highest BCUT2D eigenvalue weighted by Crippen LogP contribution is 2.24. The van der Waals surface area contributed by atoms with Gasteiger partial charge in [0.1, 0.15) is 5.75 Å². The average Bonchev–Trinajstić information content (AvgIpc) is 2.92. The maximum Gasteiger partial charge on any atom is 0.141 e. The summed E-state index contributed by atoms with van der Waals surface area (Å²) >= 11 is 0. The van der Waals surface area contributed by atoms with E-state index in [1.54, 1.807) is 13.1 Å². The molecule has 0 saturated heterocycles. The van der Waals surface area contributed by atoms with Crippen molar-refractivity contribution in [2.45, 2.75) is 45.8 Å². The number of nitrogens with zero attached hydrogens (tertiary/aromatic N) is 1. The second-order valence-electron chi connectivity index (χ2n) is 5.04. The standard InChI is InChI=1S/C15H22N2O2/c1-11-15(19)14(13(10-18)8-17-11)9-16-7-6-12-4-2-3-5-12/h4,8,16,18-19H,2-3,5-7,9-10H2,1H3. The van der Waals surface area contributed by atoms with Gasteiger partial charge in [-0.05, 0) is 39.2 Å². The van der Waals surface area contributed by atoms with Crippen LogP contribution in [0.1, 0.15) is 42.5 Å². The fourth-order valence-electron chi connectivity index (χ4n) is 2.44. The SMILES string of the molecule is Cc1ncc(CO)c(CNCCC2=CCCC2)c1O. The predicted molar refractivity (Wildman–Crippen MR) is 74.8 cm³/mol. The third-order valence-electron chi connectivity index (χ3n) is 3.66. The molecule has 4 heteroatoms. The van der Waals surface area contributed by atoms with Gasteiger partial charge in [0.05, 0.1) is 12.3 Å². The maximum absolute atomic E-state index is 10.00. The molecule has 0 atom stereocenters. The van der Waals surface area contributed by atoms with E-state index < -0.39 is 0 Å². The lowest BCUT2D eigenvalue weighted by Crippen LogP contribution is -2.17. The van der Waals surface area contributed by atoms with Crippen molar-refractivity contribution in [2.75, 3.05) is 6.54 Å². The van der Waals surface area contributed by atoms with Crippen molar-refractivity contribution >= 4 is 0 Å². The van der Waals surface area contributed by atoms with E-state index in [0.29, 0.717) is 17.8 Å². The Hall–Kier alpha value is -1.39. The molecule has 104 valence electrons. The molecule has 1 heterocycles. The highest BCUT2D eigenvalue weighted by molar-refractivity contribution is 5.40. The number of aliphatic hydroxyl groups excluding tert-OH is 1. The Morgan fingerprint density at radius 2 is 2.26 bits per heavy atom. The number of pyridine rings is 1. The van der Waals surface area contributed by atoms with Gasteiger partial charge in [0.2, 0.25) is 0 Å². The van der Waals surface area contributed by atoms with Crippen LogP contribution in [0.3, 0.4) is 0 Å². The first-order valence-corrected chi connectivity index (χ1v) is 6.88. The molecule has 1 aliphatic rings. The van der Waals surface area contributed by atoms with Crippen LogP contribution in [0.15, 0.2) is 17.8 Å². The Morgan fingerprint density at radius 1 is 1.42 bits per heavy atom. The van der Waals surface area contributed by atoms with Crippen molar-refractivity contribution < 1.29 is 10.2 Å². The van der Waals surface area contributed by atoms with E-state index in [-0.39, 0.29) is 12.4 Å². The maximum atomic E-state index is 10.00. The van der Waals surface area contributed by atoms with Gasteiger partial charge >= 0.3 is 0 Å². The molecule has 0 amide bonds. The third-order valence-corrected chi connectivity index (χ3v) is 3.66. The van der Waals surface area contributed by atoms with E-state index in [2.05, 4.69) is 16.4 Å². The fourth-order valence-corrected chi connectivity index (χ4v) is 2.44. The number of hydrogen-bond acceptors (Lipinski definition) is 4. The normalized spacial score (nSPS) is 14.7. The summed E-state index contributed by atoms with van der Waals surface area (Å²) in [6.07, 6.45) is 8.76. The number of aromatic nitrogens is 1. The number of aromatic hydroxyl groups is 1. The molecule has 0 spiro atoms. The minimum atomic E-state index is -0.0942. The number of aryl methyl sites for hydroxylation is 1. The van der Waals surface area contributed by atoms with E-state index in [4.69, 9.17) is 0 Å². The second-order valence-corrected chi connectivity index (χ2v) is 5.04. The molecule has 0 unspecified atom stereocenters. The molecule has 3 N–H and O–H groups in total. The molecule has 0 bridgehead atoms. The van der Waals surface area contributed by atoms with E-state index in [1.165, 1.54) is 24.8 Å². The zero-order valence-corrected chi connectivity index (χ0v) is 11.4. The number of aliphatic hydroxyl groups is 1. The van der Waals surface area contributed by atoms with Gasteiger partial charge < -0.3 is 15.5 Å². The molecular weight excluding hydrogens is 240 g/mol. The lowest BCUT2D eigenvalue weighted by atomic mass is 10.1. The molecule has 1 aromatic rings. The summed E-state index contributed by atoms with van der Waals surface area (Å²) in [6, 6.07) is 0. The van der Waals surface area contributed by atoms with Crippen molar-refractivity contribution in [1.29, 1.82) is 0 Å². The van der Waals surface area contributed by atoms with Crippen LogP contribution in [0, 0.1) is 6.92 Å². The Balaban J connectivity index is 1.89. The summed E-state index contributed by atoms with van der Waals surface area (Å²) in [5, 5.41) is 22.6. The van der Waals surface area contributed by atoms with Gasteiger partial charge in [-0.15, -0.1) is 0 Å². The Morgan fingerprint density at radius 3 is 2.95 bits per heavy atom. The van der Waals surface area contributed by atoms with Crippen LogP contribution in [0.4, 0.5) is 0 Å². The number of nitrogens with one attached hydrogen (secondary N) is 1. The van der Waals surface area contributed by atoms with E-state index >= 15 is 0 Å². The van der Waals surface area contributed by atoms with Gasteiger partial charge in [-0.3, -0.25) is 4.98 Å². The first-order valence-electron chi connectivity index (χ1n) is 6.88. The summed E-state index contributed by atoms with van der Waals surface area (Å²) in [4.78, 5) is 4.05. The monoisotopic (exact) mass is 262 g/mol. The van der Waals surface area contributed by atoms with Gasteiger partial charge in [-0.25, -0.2) is 0 Å². The Kier molecular flexibility index (Phi) is 4.93. The van der Waals surface area contributed by atoms with Crippen molar-refractivity contribution in [1.82, 2.24) is 10.3 Å². The summed E-state index contributed by atoms with van der Waals surface area (Å²) in [5.74, 6) is 0.194. The lowest BCUT2D eigenvalue weighted by molar-refractivity contribution is 0.278. The van der Waals surface area contributed by atoms with Gasteiger partial charge in [-0.2, -0.15) is 0 Å². The van der Waals surface area contributed by atoms with Crippen LogP contribution in [-0.4, -0.2) is 21.7 Å². The molecule has 1 aliphatic carbocycles. The van der Waals surface area contributed by atoms with Crippen molar-refractivity contribution in [3.05, 3.63) is 34.7 Å². The van der Waals surface area contributed by atoms with Crippen molar-refractivity contribution in [2.24, 2.45) is 0 Å². The molecule has 0 radical (unpaired) electrons. The molecule has 0 aliphatic heterocycles. The topological polar surface area (TPSA) is 65.4 Å². The molecule has 1 aromatic heterocycles. The largest absolute Gasteiger partial charge is 0.506 e. The van der Waals surface area contributed by atoms with Crippen LogP contribution < -0.4 is 5.32 Å². The molecule has 0 fully saturated rings. The molecule has 4 nitrogen and oxygen atoms in total. The summed E-state index contributed by atoms with van der Waals surface area (Å²) < 4.78 is 0. The average molecular weight is 262 g/mol. The zero-order chi connectivity index (χ0) is 13.7. The number of allylic oxidation sites excluding steroid dienone is 1. The van der Waals surface area contributed by atoms with Gasteiger partial charge in [0.15, 0.2) is 0 Å². The summed E-state index contributed by atoms with van der Waals surface area (Å²) in [6.45, 7) is 3.14. The van der Waals surface area contributed by atoms with Crippen LogP contribution in [0.5, 0.6) is 5.75 Å². The van der Waals surface area contributed by atoms with Crippen LogP contribution in [0.2, 0.25) is 0 Å². The van der Waals surface area contributed by atoms with Crippen LogP contribution in [-0.2, 0) is 13.2 Å². The van der Waals surface area contributed by atoms with Crippen molar-refractivity contribution in [3.8, 4) is 5.75 Å². The number of hydrogen-bond donors (Lipinski definition) is 3. The summed E-state index contributed by atoms with van der Waals surface area (Å²) in [5.41, 5.74) is 3.59. The molecule has 0 aromatic carbocycles. The predicted octanol–water partition coefficient (Wildman–Crippen LogP) is 2.18. The van der Waals surface area contributed by atoms with Crippen LogP contribution in [0.25, 0.3) is 0 Å². The second kappa shape index (κ2) is 6.68.